The highest BCUT2D eigenvalue weighted by Crippen LogP contribution is 2.06. The summed E-state index contributed by atoms with van der Waals surface area (Å²) in [5.41, 5.74) is 1.33. The molecule has 1 aliphatic rings. The number of hydrogen-bond acceptors (Lipinski definition) is 1. The highest BCUT2D eigenvalue weighted by atomic mass is 19.5. The van der Waals surface area contributed by atoms with E-state index >= 15 is 0 Å². The number of rotatable bonds is 0. The van der Waals surface area contributed by atoms with Crippen molar-refractivity contribution >= 4 is 13.0 Å². The van der Waals surface area contributed by atoms with Gasteiger partial charge in [-0.1, -0.05) is 0 Å². The van der Waals surface area contributed by atoms with Crippen LogP contribution in [0.1, 0.15) is 19.8 Å². The Morgan fingerprint density at radius 3 is 1.82 bits per heavy atom. The van der Waals surface area contributed by atoms with Crippen LogP contribution in [0.2, 0.25) is 0 Å². The molecule has 0 saturated carbocycles. The lowest BCUT2D eigenvalue weighted by Crippen LogP contribution is -2.02. The second kappa shape index (κ2) is 4.36. The van der Waals surface area contributed by atoms with Gasteiger partial charge in [0.05, 0.1) is 0 Å². The zero-order valence-corrected chi connectivity index (χ0v) is 6.16. The van der Waals surface area contributed by atoms with Gasteiger partial charge in [-0.25, -0.2) is 0 Å². The number of nitrogens with zero attached hydrogens (tertiary/aromatic N) is 1. The third-order valence-corrected chi connectivity index (χ3v) is 1.08. The largest absolute Gasteiger partial charge is 0.673 e. The molecule has 0 amide bonds. The van der Waals surface area contributed by atoms with Gasteiger partial charge in [0, 0.05) is 12.3 Å². The van der Waals surface area contributed by atoms with Crippen molar-refractivity contribution in [3.63, 3.8) is 0 Å². The molecule has 11 heavy (non-hydrogen) atoms. The van der Waals surface area contributed by atoms with Crippen molar-refractivity contribution in [3.8, 4) is 0 Å². The fourth-order valence-corrected chi connectivity index (χ4v) is 0.684. The van der Waals surface area contributed by atoms with Crippen LogP contribution in [0.3, 0.4) is 0 Å². The Morgan fingerprint density at radius 2 is 1.73 bits per heavy atom. The van der Waals surface area contributed by atoms with E-state index in [0.717, 1.165) is 6.54 Å². The molecule has 0 aromatic rings. The molecule has 1 aliphatic heterocycles. The Kier molecular flexibility index (Phi) is 4.14. The summed E-state index contributed by atoms with van der Waals surface area (Å²) < 4.78 is 39.0. The maximum Gasteiger partial charge on any atom is 0.673 e. The lowest BCUT2D eigenvalue weighted by Gasteiger charge is -1.94. The van der Waals surface area contributed by atoms with Gasteiger partial charge in [-0.3, -0.25) is 4.99 Å². The molecule has 0 atom stereocenters. The molecule has 0 aromatic heterocycles. The summed E-state index contributed by atoms with van der Waals surface area (Å²) in [5.74, 6) is 0. The van der Waals surface area contributed by atoms with Gasteiger partial charge in [-0.2, -0.15) is 0 Å². The van der Waals surface area contributed by atoms with Crippen LogP contribution in [-0.4, -0.2) is 19.5 Å². The van der Waals surface area contributed by atoms with Crippen molar-refractivity contribution in [2.45, 2.75) is 19.8 Å². The fraction of sp³-hybridized carbons (Fsp3) is 0.800. The normalized spacial score (nSPS) is 17.0. The van der Waals surface area contributed by atoms with Gasteiger partial charge >= 0.3 is 7.25 Å². The van der Waals surface area contributed by atoms with E-state index in [9.17, 15) is 17.3 Å². The third-order valence-electron chi connectivity index (χ3n) is 1.08. The van der Waals surface area contributed by atoms with Crippen LogP contribution in [0.5, 0.6) is 0 Å². The molecule has 0 N–H and O–H groups in total. The Morgan fingerprint density at radius 1 is 1.27 bits per heavy atom. The maximum atomic E-state index is 9.75. The fourth-order valence-electron chi connectivity index (χ4n) is 0.684. The van der Waals surface area contributed by atoms with Crippen LogP contribution in [0, 0.1) is 0 Å². The maximum absolute atomic E-state index is 9.75. The third kappa shape index (κ3) is 12.6. The van der Waals surface area contributed by atoms with Gasteiger partial charge in [-0.15, -0.1) is 0 Å². The van der Waals surface area contributed by atoms with Crippen molar-refractivity contribution in [1.82, 2.24) is 0 Å². The highest BCUT2D eigenvalue weighted by molar-refractivity contribution is 6.50. The molecule has 0 aromatic carbocycles. The molecule has 0 aliphatic carbocycles. The average Bonchev–Trinajstić information content (AvgIpc) is 2.12. The second-order valence-corrected chi connectivity index (χ2v) is 2.22. The summed E-state index contributed by atoms with van der Waals surface area (Å²) in [5, 5.41) is 0. The first kappa shape index (κ1) is 10.5. The van der Waals surface area contributed by atoms with Crippen molar-refractivity contribution in [2.75, 3.05) is 6.54 Å². The monoisotopic (exact) mass is 170 g/mol. The molecular formula is C5H9BF4N-. The Bertz CT molecular complexity index is 136. The van der Waals surface area contributed by atoms with Crippen molar-refractivity contribution in [2.24, 2.45) is 4.99 Å². The number of aliphatic imine (C=N–C) groups is 1. The minimum atomic E-state index is -6.00. The van der Waals surface area contributed by atoms with Crippen LogP contribution in [0.15, 0.2) is 4.99 Å². The molecule has 1 heterocycles. The van der Waals surface area contributed by atoms with E-state index in [2.05, 4.69) is 11.9 Å². The summed E-state index contributed by atoms with van der Waals surface area (Å²) in [6.07, 6.45) is 2.52. The smallest absolute Gasteiger partial charge is 0.418 e. The van der Waals surface area contributed by atoms with Gasteiger partial charge in [-0.05, 0) is 19.8 Å². The highest BCUT2D eigenvalue weighted by Gasteiger charge is 2.20. The summed E-state index contributed by atoms with van der Waals surface area (Å²) in [6.45, 7) is 3.17. The topological polar surface area (TPSA) is 12.4 Å². The van der Waals surface area contributed by atoms with Crippen LogP contribution < -0.4 is 0 Å². The number of halogens is 4. The zero-order chi connectivity index (χ0) is 8.91. The lowest BCUT2D eigenvalue weighted by atomic mass is 10.3. The molecular weight excluding hydrogens is 161 g/mol. The molecule has 0 unspecified atom stereocenters. The van der Waals surface area contributed by atoms with E-state index in [1.165, 1.54) is 18.6 Å². The molecule has 0 bridgehead atoms. The van der Waals surface area contributed by atoms with E-state index in [4.69, 9.17) is 0 Å². The first-order valence-electron chi connectivity index (χ1n) is 3.27. The molecule has 0 saturated heterocycles. The molecule has 0 fully saturated rings. The van der Waals surface area contributed by atoms with Crippen LogP contribution in [-0.2, 0) is 0 Å². The van der Waals surface area contributed by atoms with E-state index in [0.29, 0.717) is 0 Å². The molecule has 0 radical (unpaired) electrons. The SMILES string of the molecule is CC1=NCCC1.F[B-](F)(F)F. The Hall–Kier alpha value is -0.545. The molecule has 0 spiro atoms. The average molecular weight is 170 g/mol. The predicted molar refractivity (Wildman–Crippen MR) is 37.4 cm³/mol. The van der Waals surface area contributed by atoms with Crippen LogP contribution in [0.4, 0.5) is 17.3 Å². The summed E-state index contributed by atoms with van der Waals surface area (Å²) in [4.78, 5) is 4.15. The molecule has 6 heteroatoms. The standard InChI is InChI=1S/C5H9N.BF4/c1-5-3-2-4-6-5;2-1(3,4)5/h2-4H2,1H3;/q;-1. The predicted octanol–water partition coefficient (Wildman–Crippen LogP) is 2.54. The van der Waals surface area contributed by atoms with Crippen LogP contribution in [0.25, 0.3) is 0 Å². The minimum absolute atomic E-state index is 1.08. The summed E-state index contributed by atoms with van der Waals surface area (Å²) >= 11 is 0. The van der Waals surface area contributed by atoms with Crippen molar-refractivity contribution in [1.29, 1.82) is 0 Å². The van der Waals surface area contributed by atoms with E-state index in [1.807, 2.05) is 0 Å². The van der Waals surface area contributed by atoms with Gasteiger partial charge in [0.2, 0.25) is 0 Å². The minimum Gasteiger partial charge on any atom is -0.418 e. The van der Waals surface area contributed by atoms with Gasteiger partial charge < -0.3 is 17.3 Å². The van der Waals surface area contributed by atoms with Gasteiger partial charge in [0.15, 0.2) is 0 Å². The second-order valence-electron chi connectivity index (χ2n) is 2.22. The number of hydrogen-bond donors (Lipinski definition) is 0. The van der Waals surface area contributed by atoms with E-state index < -0.39 is 7.25 Å². The molecule has 66 valence electrons. The quantitative estimate of drug-likeness (QED) is 0.391. The van der Waals surface area contributed by atoms with Crippen LogP contribution >= 0.6 is 0 Å². The van der Waals surface area contributed by atoms with Gasteiger partial charge in [0.1, 0.15) is 0 Å². The summed E-state index contributed by atoms with van der Waals surface area (Å²) in [7, 11) is -6.00. The van der Waals surface area contributed by atoms with Crippen molar-refractivity contribution < 1.29 is 17.3 Å². The summed E-state index contributed by atoms with van der Waals surface area (Å²) in [6, 6.07) is 0. The zero-order valence-electron chi connectivity index (χ0n) is 6.16. The molecule has 1 rings (SSSR count). The Labute approximate surface area is 62.6 Å². The van der Waals surface area contributed by atoms with E-state index in [-0.39, 0.29) is 0 Å². The van der Waals surface area contributed by atoms with Gasteiger partial charge in [0.25, 0.3) is 0 Å². The first-order chi connectivity index (χ1) is 4.89. The first-order valence-corrected chi connectivity index (χ1v) is 3.27. The van der Waals surface area contributed by atoms with Crippen molar-refractivity contribution in [3.05, 3.63) is 0 Å². The Balaban J connectivity index is 0.000000187. The molecule has 1 nitrogen and oxygen atoms in total. The van der Waals surface area contributed by atoms with E-state index in [1.54, 1.807) is 0 Å². The lowest BCUT2D eigenvalue weighted by molar-refractivity contribution is 0.368.